The van der Waals surface area contributed by atoms with E-state index < -0.39 is 9.84 Å². The van der Waals surface area contributed by atoms with Gasteiger partial charge in [0, 0.05) is 29.9 Å². The van der Waals surface area contributed by atoms with Crippen molar-refractivity contribution in [3.05, 3.63) is 72.6 Å². The molecular formula is C17H15N3O3S. The lowest BCUT2D eigenvalue weighted by Crippen LogP contribution is -2.12. The smallest absolute Gasteiger partial charge is 0.255 e. The fraction of sp³-hybridized carbons (Fsp3) is 0.0588. The molecule has 1 amide bonds. The molecule has 2 aromatic carbocycles. The Kier molecular flexibility index (Phi) is 4.18. The highest BCUT2D eigenvalue weighted by Gasteiger charge is 2.10. The maximum atomic E-state index is 12.4. The van der Waals surface area contributed by atoms with E-state index in [1.807, 2.05) is 6.07 Å². The minimum atomic E-state index is -3.25. The summed E-state index contributed by atoms with van der Waals surface area (Å²) in [6.07, 6.45) is 4.60. The van der Waals surface area contributed by atoms with E-state index in [-0.39, 0.29) is 10.8 Å². The van der Waals surface area contributed by atoms with E-state index in [1.165, 1.54) is 12.1 Å². The van der Waals surface area contributed by atoms with Crippen molar-refractivity contribution >= 4 is 21.4 Å². The molecule has 0 aliphatic rings. The summed E-state index contributed by atoms with van der Waals surface area (Å²) in [4.78, 5) is 12.6. The van der Waals surface area contributed by atoms with E-state index in [2.05, 4.69) is 10.4 Å². The number of nitrogens with one attached hydrogen (secondary N) is 1. The van der Waals surface area contributed by atoms with Crippen LogP contribution in [0.1, 0.15) is 10.4 Å². The van der Waals surface area contributed by atoms with Crippen molar-refractivity contribution in [2.75, 3.05) is 11.6 Å². The van der Waals surface area contributed by atoms with Gasteiger partial charge in [0.25, 0.3) is 5.91 Å². The number of hydrogen-bond donors (Lipinski definition) is 1. The molecule has 0 saturated carbocycles. The molecule has 0 aliphatic heterocycles. The third-order valence-corrected chi connectivity index (χ3v) is 4.55. The summed E-state index contributed by atoms with van der Waals surface area (Å²) in [5.41, 5.74) is 1.78. The Hall–Kier alpha value is -2.93. The molecule has 0 atom stereocenters. The Morgan fingerprint density at radius 2 is 1.83 bits per heavy atom. The minimum Gasteiger partial charge on any atom is -0.322 e. The number of nitrogens with zero attached hydrogens (tertiary/aromatic N) is 2. The Labute approximate surface area is 139 Å². The van der Waals surface area contributed by atoms with Crippen LogP contribution in [0.5, 0.6) is 0 Å². The SMILES string of the molecule is CS(=O)(=O)c1ccc(NC(=O)c2cccc(-n3cccn3)c2)cc1. The van der Waals surface area contributed by atoms with Gasteiger partial charge >= 0.3 is 0 Å². The van der Waals surface area contributed by atoms with Crippen LogP contribution in [-0.2, 0) is 9.84 Å². The third kappa shape index (κ3) is 3.52. The second-order valence-corrected chi connectivity index (χ2v) is 7.27. The Bertz CT molecular complexity index is 963. The van der Waals surface area contributed by atoms with Crippen molar-refractivity contribution in [3.8, 4) is 5.69 Å². The van der Waals surface area contributed by atoms with E-state index in [9.17, 15) is 13.2 Å². The van der Waals surface area contributed by atoms with Crippen LogP contribution in [0.2, 0.25) is 0 Å². The number of sulfone groups is 1. The Morgan fingerprint density at radius 1 is 1.08 bits per heavy atom. The molecule has 3 aromatic rings. The molecule has 7 heteroatoms. The van der Waals surface area contributed by atoms with E-state index >= 15 is 0 Å². The molecule has 0 fully saturated rings. The number of amides is 1. The maximum absolute atomic E-state index is 12.4. The molecule has 1 heterocycles. The Balaban J connectivity index is 1.79. The molecule has 24 heavy (non-hydrogen) atoms. The lowest BCUT2D eigenvalue weighted by atomic mass is 10.2. The largest absolute Gasteiger partial charge is 0.322 e. The topological polar surface area (TPSA) is 81.1 Å². The second-order valence-electron chi connectivity index (χ2n) is 5.25. The monoisotopic (exact) mass is 341 g/mol. The fourth-order valence-corrected chi connectivity index (χ4v) is 2.83. The average Bonchev–Trinajstić information content (AvgIpc) is 3.09. The summed E-state index contributed by atoms with van der Waals surface area (Å²) in [5, 5.41) is 6.88. The summed E-state index contributed by atoms with van der Waals surface area (Å²) in [5.74, 6) is -0.281. The summed E-state index contributed by atoms with van der Waals surface area (Å²) >= 11 is 0. The summed E-state index contributed by atoms with van der Waals surface area (Å²) in [7, 11) is -3.25. The first kappa shape index (κ1) is 15.9. The van der Waals surface area contributed by atoms with Crippen molar-refractivity contribution in [2.24, 2.45) is 0 Å². The average molecular weight is 341 g/mol. The molecule has 6 nitrogen and oxygen atoms in total. The van der Waals surface area contributed by atoms with Gasteiger partial charge in [0.15, 0.2) is 9.84 Å². The molecule has 0 bridgehead atoms. The molecular weight excluding hydrogens is 326 g/mol. The first-order valence-corrected chi connectivity index (χ1v) is 9.04. The van der Waals surface area contributed by atoms with Crippen LogP contribution in [-0.4, -0.2) is 30.4 Å². The molecule has 0 spiro atoms. The predicted octanol–water partition coefficient (Wildman–Crippen LogP) is 2.53. The zero-order valence-corrected chi connectivity index (χ0v) is 13.7. The third-order valence-electron chi connectivity index (χ3n) is 3.42. The van der Waals surface area contributed by atoms with E-state index in [0.29, 0.717) is 11.3 Å². The number of carbonyl (C=O) groups is 1. The van der Waals surface area contributed by atoms with Gasteiger partial charge in [-0.1, -0.05) is 6.07 Å². The number of carbonyl (C=O) groups excluding carboxylic acids is 1. The van der Waals surface area contributed by atoms with Gasteiger partial charge in [0.05, 0.1) is 10.6 Å². The minimum absolute atomic E-state index is 0.209. The number of aromatic nitrogens is 2. The van der Waals surface area contributed by atoms with E-state index in [0.717, 1.165) is 11.9 Å². The molecule has 1 aromatic heterocycles. The van der Waals surface area contributed by atoms with Crippen molar-refractivity contribution in [1.29, 1.82) is 0 Å². The van der Waals surface area contributed by atoms with Crippen LogP contribution < -0.4 is 5.32 Å². The van der Waals surface area contributed by atoms with Crippen LogP contribution >= 0.6 is 0 Å². The zero-order chi connectivity index (χ0) is 17.2. The number of benzene rings is 2. The fourth-order valence-electron chi connectivity index (χ4n) is 2.20. The van der Waals surface area contributed by atoms with Gasteiger partial charge in [-0.2, -0.15) is 5.10 Å². The van der Waals surface area contributed by atoms with Gasteiger partial charge in [0.1, 0.15) is 0 Å². The normalized spacial score (nSPS) is 11.2. The van der Waals surface area contributed by atoms with E-state index in [4.69, 9.17) is 0 Å². The maximum Gasteiger partial charge on any atom is 0.255 e. The summed E-state index contributed by atoms with van der Waals surface area (Å²) in [6, 6.07) is 14.9. The van der Waals surface area contributed by atoms with Crippen LogP contribution in [0.3, 0.4) is 0 Å². The standard InChI is InChI=1S/C17H15N3O3S/c1-24(22,23)16-8-6-14(7-9-16)19-17(21)13-4-2-5-15(12-13)20-11-3-10-18-20/h2-12H,1H3,(H,19,21). The van der Waals surface area contributed by atoms with Crippen molar-refractivity contribution in [3.63, 3.8) is 0 Å². The zero-order valence-electron chi connectivity index (χ0n) is 12.9. The highest BCUT2D eigenvalue weighted by molar-refractivity contribution is 7.90. The van der Waals surface area contributed by atoms with Crippen molar-refractivity contribution in [2.45, 2.75) is 4.90 Å². The number of anilines is 1. The van der Waals surface area contributed by atoms with Gasteiger partial charge in [-0.05, 0) is 48.5 Å². The summed E-state index contributed by atoms with van der Waals surface area (Å²) < 4.78 is 24.5. The quantitative estimate of drug-likeness (QED) is 0.791. The van der Waals surface area contributed by atoms with Crippen molar-refractivity contribution < 1.29 is 13.2 Å². The lowest BCUT2D eigenvalue weighted by molar-refractivity contribution is 0.102. The Morgan fingerprint density at radius 3 is 2.46 bits per heavy atom. The molecule has 0 saturated heterocycles. The molecule has 0 unspecified atom stereocenters. The molecule has 3 rings (SSSR count). The van der Waals surface area contributed by atoms with Crippen LogP contribution in [0, 0.1) is 0 Å². The first-order valence-electron chi connectivity index (χ1n) is 7.15. The van der Waals surface area contributed by atoms with Crippen molar-refractivity contribution in [1.82, 2.24) is 9.78 Å². The molecule has 1 N–H and O–H groups in total. The van der Waals surface area contributed by atoms with Gasteiger partial charge in [0.2, 0.25) is 0 Å². The second kappa shape index (κ2) is 6.29. The van der Waals surface area contributed by atoms with Crippen LogP contribution in [0.4, 0.5) is 5.69 Å². The molecule has 0 radical (unpaired) electrons. The number of hydrogen-bond acceptors (Lipinski definition) is 4. The van der Waals surface area contributed by atoms with Gasteiger partial charge in [-0.15, -0.1) is 0 Å². The molecule has 122 valence electrons. The van der Waals surface area contributed by atoms with Gasteiger partial charge in [-0.25, -0.2) is 13.1 Å². The van der Waals surface area contributed by atoms with Gasteiger partial charge < -0.3 is 5.32 Å². The predicted molar refractivity (Wildman–Crippen MR) is 91.1 cm³/mol. The molecule has 0 aliphatic carbocycles. The first-order chi connectivity index (χ1) is 11.4. The number of rotatable bonds is 4. The van der Waals surface area contributed by atoms with E-state index in [1.54, 1.807) is 53.5 Å². The summed E-state index contributed by atoms with van der Waals surface area (Å²) in [6.45, 7) is 0. The van der Waals surface area contributed by atoms with Gasteiger partial charge in [-0.3, -0.25) is 4.79 Å². The lowest BCUT2D eigenvalue weighted by Gasteiger charge is -2.08. The van der Waals surface area contributed by atoms with Crippen LogP contribution in [0.15, 0.2) is 71.9 Å². The van der Waals surface area contributed by atoms with Crippen LogP contribution in [0.25, 0.3) is 5.69 Å². The highest BCUT2D eigenvalue weighted by atomic mass is 32.2. The highest BCUT2D eigenvalue weighted by Crippen LogP contribution is 2.16.